The number of nitrogens with two attached hydrogens (primary N) is 1. The van der Waals surface area contributed by atoms with Crippen LogP contribution >= 0.6 is 0 Å². The monoisotopic (exact) mass is 294 g/mol. The van der Waals surface area contributed by atoms with E-state index in [1.54, 1.807) is 7.11 Å². The standard InChI is InChI=1S/C17H27FN2O/c1-4-15(19)17(13-5-7-14(18)8-6-13)20-10-9-12(2)16(11-20)21-3/h5-8,12,15-17H,4,9-11,19H2,1-3H3. The minimum atomic E-state index is -0.204. The highest BCUT2D eigenvalue weighted by Gasteiger charge is 2.33. The van der Waals surface area contributed by atoms with Crippen molar-refractivity contribution < 1.29 is 9.13 Å². The molecule has 2 N–H and O–H groups in total. The maximum absolute atomic E-state index is 13.2. The summed E-state index contributed by atoms with van der Waals surface area (Å²) in [5.74, 6) is 0.363. The van der Waals surface area contributed by atoms with Crippen molar-refractivity contribution in [1.82, 2.24) is 4.90 Å². The Bertz CT molecular complexity index is 437. The molecule has 4 unspecified atom stereocenters. The third-order valence-electron chi connectivity index (χ3n) is 4.71. The van der Waals surface area contributed by atoms with Crippen molar-refractivity contribution in [2.75, 3.05) is 20.2 Å². The fraction of sp³-hybridized carbons (Fsp3) is 0.647. The molecule has 0 radical (unpaired) electrons. The van der Waals surface area contributed by atoms with Gasteiger partial charge < -0.3 is 10.5 Å². The van der Waals surface area contributed by atoms with Crippen LogP contribution in [0.2, 0.25) is 0 Å². The van der Waals surface area contributed by atoms with E-state index in [0.29, 0.717) is 5.92 Å². The van der Waals surface area contributed by atoms with Gasteiger partial charge in [-0.05, 0) is 43.0 Å². The van der Waals surface area contributed by atoms with Gasteiger partial charge in [-0.3, -0.25) is 4.90 Å². The van der Waals surface area contributed by atoms with Gasteiger partial charge in [0.05, 0.1) is 6.10 Å². The molecule has 21 heavy (non-hydrogen) atoms. The molecule has 1 aromatic rings. The third kappa shape index (κ3) is 3.82. The molecule has 0 spiro atoms. The summed E-state index contributed by atoms with van der Waals surface area (Å²) in [6, 6.07) is 6.92. The lowest BCUT2D eigenvalue weighted by Gasteiger charge is -2.42. The highest BCUT2D eigenvalue weighted by molar-refractivity contribution is 5.22. The van der Waals surface area contributed by atoms with E-state index in [4.69, 9.17) is 10.5 Å². The molecule has 4 atom stereocenters. The van der Waals surface area contributed by atoms with E-state index in [0.717, 1.165) is 31.5 Å². The number of likely N-dealkylation sites (tertiary alicyclic amines) is 1. The number of benzene rings is 1. The SMILES string of the molecule is CCC(N)C(c1ccc(F)cc1)N1CCC(C)C(OC)C1. The molecule has 1 aromatic carbocycles. The molecule has 1 heterocycles. The first-order chi connectivity index (χ1) is 10.1. The first-order valence-corrected chi connectivity index (χ1v) is 7.84. The Morgan fingerprint density at radius 3 is 2.62 bits per heavy atom. The molecule has 0 saturated carbocycles. The number of piperidine rings is 1. The van der Waals surface area contributed by atoms with Gasteiger partial charge in [-0.25, -0.2) is 4.39 Å². The first-order valence-electron chi connectivity index (χ1n) is 7.84. The molecule has 1 saturated heterocycles. The highest BCUT2D eigenvalue weighted by atomic mass is 19.1. The van der Waals surface area contributed by atoms with Gasteiger partial charge in [0.15, 0.2) is 0 Å². The number of hydrogen-bond acceptors (Lipinski definition) is 3. The molecule has 3 nitrogen and oxygen atoms in total. The van der Waals surface area contributed by atoms with Crippen LogP contribution in [0.4, 0.5) is 4.39 Å². The topological polar surface area (TPSA) is 38.5 Å². The summed E-state index contributed by atoms with van der Waals surface area (Å²) in [6.45, 7) is 6.23. The Balaban J connectivity index is 2.22. The molecule has 1 aliphatic heterocycles. The normalized spacial score (nSPS) is 26.5. The van der Waals surface area contributed by atoms with E-state index in [1.807, 2.05) is 12.1 Å². The van der Waals surface area contributed by atoms with E-state index in [1.165, 1.54) is 12.1 Å². The number of methoxy groups -OCH3 is 1. The molecular weight excluding hydrogens is 267 g/mol. The summed E-state index contributed by atoms with van der Waals surface area (Å²) >= 11 is 0. The van der Waals surface area contributed by atoms with E-state index in [-0.39, 0.29) is 24.0 Å². The van der Waals surface area contributed by atoms with Gasteiger partial charge in [0, 0.05) is 25.7 Å². The second-order valence-corrected chi connectivity index (χ2v) is 6.10. The molecule has 0 amide bonds. The molecule has 0 aromatic heterocycles. The zero-order valence-electron chi connectivity index (χ0n) is 13.3. The quantitative estimate of drug-likeness (QED) is 0.907. The summed E-state index contributed by atoms with van der Waals surface area (Å²) in [6.07, 6.45) is 2.24. The minimum Gasteiger partial charge on any atom is -0.380 e. The second-order valence-electron chi connectivity index (χ2n) is 6.10. The Morgan fingerprint density at radius 2 is 2.05 bits per heavy atom. The Kier molecular flexibility index (Phi) is 5.73. The fourth-order valence-electron chi connectivity index (χ4n) is 3.23. The van der Waals surface area contributed by atoms with Gasteiger partial charge in [0.1, 0.15) is 5.82 Å². The van der Waals surface area contributed by atoms with Gasteiger partial charge in [0.25, 0.3) is 0 Å². The van der Waals surface area contributed by atoms with Crippen molar-refractivity contribution in [3.05, 3.63) is 35.6 Å². The van der Waals surface area contributed by atoms with E-state index >= 15 is 0 Å². The third-order valence-corrected chi connectivity index (χ3v) is 4.71. The van der Waals surface area contributed by atoms with Crippen molar-refractivity contribution in [3.8, 4) is 0 Å². The van der Waals surface area contributed by atoms with Crippen molar-refractivity contribution >= 4 is 0 Å². The molecule has 1 aliphatic rings. The summed E-state index contributed by atoms with van der Waals surface area (Å²) in [5.41, 5.74) is 7.46. The molecule has 0 bridgehead atoms. The van der Waals surface area contributed by atoms with E-state index < -0.39 is 0 Å². The van der Waals surface area contributed by atoms with Crippen LogP contribution in [0.25, 0.3) is 0 Å². The predicted octanol–water partition coefficient (Wildman–Crippen LogP) is 2.96. The Morgan fingerprint density at radius 1 is 1.38 bits per heavy atom. The van der Waals surface area contributed by atoms with Crippen LogP contribution < -0.4 is 5.73 Å². The smallest absolute Gasteiger partial charge is 0.123 e. The summed E-state index contributed by atoms with van der Waals surface area (Å²) in [7, 11) is 1.78. The van der Waals surface area contributed by atoms with Crippen LogP contribution in [-0.4, -0.2) is 37.2 Å². The van der Waals surface area contributed by atoms with Crippen molar-refractivity contribution in [2.24, 2.45) is 11.7 Å². The van der Waals surface area contributed by atoms with Crippen LogP contribution in [0, 0.1) is 11.7 Å². The lowest BCUT2D eigenvalue weighted by atomic mass is 9.90. The van der Waals surface area contributed by atoms with Crippen LogP contribution in [-0.2, 0) is 4.74 Å². The summed E-state index contributed by atoms with van der Waals surface area (Å²) in [5, 5.41) is 0. The Hall–Kier alpha value is -0.970. The molecule has 4 heteroatoms. The van der Waals surface area contributed by atoms with E-state index in [9.17, 15) is 4.39 Å². The fourth-order valence-corrected chi connectivity index (χ4v) is 3.23. The lowest BCUT2D eigenvalue weighted by Crippen LogP contribution is -2.49. The van der Waals surface area contributed by atoms with Crippen molar-refractivity contribution in [1.29, 1.82) is 0 Å². The maximum atomic E-state index is 13.2. The molecule has 2 rings (SSSR count). The summed E-state index contributed by atoms with van der Waals surface area (Å²) < 4.78 is 18.8. The van der Waals surface area contributed by atoms with Crippen LogP contribution in [0.15, 0.2) is 24.3 Å². The average molecular weight is 294 g/mol. The zero-order valence-corrected chi connectivity index (χ0v) is 13.3. The molecule has 1 fully saturated rings. The average Bonchev–Trinajstić information content (AvgIpc) is 2.50. The van der Waals surface area contributed by atoms with Gasteiger partial charge in [-0.2, -0.15) is 0 Å². The van der Waals surface area contributed by atoms with Crippen LogP contribution in [0.3, 0.4) is 0 Å². The van der Waals surface area contributed by atoms with E-state index in [2.05, 4.69) is 18.7 Å². The van der Waals surface area contributed by atoms with Crippen molar-refractivity contribution in [2.45, 2.75) is 44.9 Å². The maximum Gasteiger partial charge on any atom is 0.123 e. The molecule has 0 aliphatic carbocycles. The number of rotatable bonds is 5. The largest absolute Gasteiger partial charge is 0.380 e. The second kappa shape index (κ2) is 7.34. The van der Waals surface area contributed by atoms with Gasteiger partial charge in [-0.15, -0.1) is 0 Å². The highest BCUT2D eigenvalue weighted by Crippen LogP contribution is 2.30. The number of ether oxygens (including phenoxy) is 1. The lowest BCUT2D eigenvalue weighted by molar-refractivity contribution is -0.0234. The number of halogens is 1. The number of nitrogens with zero attached hydrogens (tertiary/aromatic N) is 1. The first kappa shape index (κ1) is 16.4. The minimum absolute atomic E-state index is 0.0429. The molecular formula is C17H27FN2O. The number of hydrogen-bond donors (Lipinski definition) is 1. The van der Waals surface area contributed by atoms with Gasteiger partial charge in [-0.1, -0.05) is 26.0 Å². The van der Waals surface area contributed by atoms with Crippen molar-refractivity contribution in [3.63, 3.8) is 0 Å². The molecule has 118 valence electrons. The zero-order chi connectivity index (χ0) is 15.4. The predicted molar refractivity (Wildman–Crippen MR) is 83.6 cm³/mol. The Labute approximate surface area is 127 Å². The summed E-state index contributed by atoms with van der Waals surface area (Å²) in [4.78, 5) is 2.40. The van der Waals surface area contributed by atoms with Crippen LogP contribution in [0.5, 0.6) is 0 Å². The van der Waals surface area contributed by atoms with Gasteiger partial charge in [0.2, 0.25) is 0 Å². The van der Waals surface area contributed by atoms with Crippen LogP contribution in [0.1, 0.15) is 38.3 Å². The van der Waals surface area contributed by atoms with Gasteiger partial charge >= 0.3 is 0 Å².